The van der Waals surface area contributed by atoms with Gasteiger partial charge in [0.05, 0.1) is 12.9 Å². The number of ether oxygens (including phenoxy) is 2. The first kappa shape index (κ1) is 33.6. The maximum Gasteiger partial charge on any atom is 0.350 e. The fourth-order valence-electron chi connectivity index (χ4n) is 4.66. The summed E-state index contributed by atoms with van der Waals surface area (Å²) in [5.41, 5.74) is 7.13. The van der Waals surface area contributed by atoms with Crippen LogP contribution in [-0.4, -0.2) is 48.9 Å². The average Bonchev–Trinajstić information content (AvgIpc) is 3.31. The molecule has 0 aliphatic heterocycles. The lowest BCUT2D eigenvalue weighted by Crippen LogP contribution is -2.11. The zero-order valence-corrected chi connectivity index (χ0v) is 25.1. The molecule has 0 spiro atoms. The van der Waals surface area contributed by atoms with Crippen molar-refractivity contribution >= 4 is 24.6 Å². The van der Waals surface area contributed by atoms with E-state index in [1.165, 1.54) is 89.9 Å². The number of rotatable bonds is 24. The van der Waals surface area contributed by atoms with Crippen molar-refractivity contribution in [3.8, 4) is 0 Å². The van der Waals surface area contributed by atoms with Crippen LogP contribution in [0.2, 0.25) is 0 Å². The highest BCUT2D eigenvalue weighted by atomic mass is 31.2. The summed E-state index contributed by atoms with van der Waals surface area (Å²) < 4.78 is 23.7. The van der Waals surface area contributed by atoms with E-state index >= 15 is 0 Å². The van der Waals surface area contributed by atoms with Crippen LogP contribution in [0.4, 0.5) is 5.82 Å². The molecule has 0 bridgehead atoms. The minimum Gasteiger partial charge on any atom is -0.382 e. The standard InChI is InChI=1S/C28H52N5O5P/c1-3-4-5-6-7-8-9-10-11-12-13-14-15-16-17-18-20-38-24(2)27-31-26(29)25-28(32-27)33(22-30-25)19-21-37-23-39(34,35)36/h22,24H,3-21,23H2,1-2H3,(H2,29,31,32)(H2,34,35,36). The van der Waals surface area contributed by atoms with Gasteiger partial charge in [-0.3, -0.25) is 4.57 Å². The zero-order valence-electron chi connectivity index (χ0n) is 24.2. The number of nitrogens with zero attached hydrogens (tertiary/aromatic N) is 4. The summed E-state index contributed by atoms with van der Waals surface area (Å²) in [6.07, 6.45) is 22.1. The number of hydrogen-bond acceptors (Lipinski definition) is 7. The Morgan fingerprint density at radius 3 is 1.95 bits per heavy atom. The summed E-state index contributed by atoms with van der Waals surface area (Å²) in [6, 6.07) is 0. The lowest BCUT2D eigenvalue weighted by Gasteiger charge is -2.13. The Kier molecular flexibility index (Phi) is 16.8. The molecule has 2 aromatic rings. The van der Waals surface area contributed by atoms with Gasteiger partial charge in [-0.1, -0.05) is 103 Å². The van der Waals surface area contributed by atoms with E-state index in [0.717, 1.165) is 12.8 Å². The second-order valence-electron chi connectivity index (χ2n) is 10.6. The third-order valence-corrected chi connectivity index (χ3v) is 7.49. The normalized spacial score (nSPS) is 12.9. The average molecular weight is 570 g/mol. The van der Waals surface area contributed by atoms with Gasteiger partial charge in [-0.05, 0) is 13.3 Å². The SMILES string of the molecule is CCCCCCCCCCCCCCCCCCOC(C)c1nc(N)c2ncn(CCOCP(=O)(O)O)c2n1. The lowest BCUT2D eigenvalue weighted by atomic mass is 10.0. The Labute approximate surface area is 234 Å². The van der Waals surface area contributed by atoms with Gasteiger partial charge in [0.25, 0.3) is 0 Å². The minimum absolute atomic E-state index is 0.112. The predicted octanol–water partition coefficient (Wildman–Crippen LogP) is 6.90. The molecule has 0 aliphatic rings. The zero-order chi connectivity index (χ0) is 28.3. The maximum absolute atomic E-state index is 10.9. The van der Waals surface area contributed by atoms with Gasteiger partial charge in [-0.25, -0.2) is 15.0 Å². The lowest BCUT2D eigenvalue weighted by molar-refractivity contribution is 0.0571. The third-order valence-electron chi connectivity index (χ3n) is 6.97. The van der Waals surface area contributed by atoms with E-state index in [0.29, 0.717) is 30.1 Å². The number of imidazole rings is 1. The van der Waals surface area contributed by atoms with Crippen molar-refractivity contribution in [1.82, 2.24) is 19.5 Å². The van der Waals surface area contributed by atoms with Crippen molar-refractivity contribution in [1.29, 1.82) is 0 Å². The summed E-state index contributed by atoms with van der Waals surface area (Å²) in [7, 11) is -4.19. The molecule has 1 unspecified atom stereocenters. The molecule has 0 saturated carbocycles. The number of fused-ring (bicyclic) bond motifs is 1. The highest BCUT2D eigenvalue weighted by molar-refractivity contribution is 7.51. The first-order chi connectivity index (χ1) is 18.8. The molecule has 2 aromatic heterocycles. The van der Waals surface area contributed by atoms with Crippen LogP contribution in [0, 0.1) is 0 Å². The molecule has 0 aromatic carbocycles. The Bertz CT molecular complexity index is 967. The Morgan fingerprint density at radius 2 is 1.41 bits per heavy atom. The quantitative estimate of drug-likeness (QED) is 0.0907. The van der Waals surface area contributed by atoms with E-state index in [1.807, 2.05) is 6.92 Å². The van der Waals surface area contributed by atoms with Gasteiger partial charge in [-0.2, -0.15) is 0 Å². The molecule has 2 rings (SSSR count). The van der Waals surface area contributed by atoms with E-state index < -0.39 is 13.9 Å². The fourth-order valence-corrected chi connectivity index (χ4v) is 5.03. The molecule has 0 aliphatic carbocycles. The second-order valence-corrected chi connectivity index (χ2v) is 12.2. The molecular formula is C28H52N5O5P. The smallest absolute Gasteiger partial charge is 0.350 e. The van der Waals surface area contributed by atoms with Crippen LogP contribution in [0.5, 0.6) is 0 Å². The van der Waals surface area contributed by atoms with Gasteiger partial charge in [0.2, 0.25) is 0 Å². The summed E-state index contributed by atoms with van der Waals surface area (Å²) in [5.74, 6) is 0.775. The van der Waals surface area contributed by atoms with E-state index in [9.17, 15) is 4.57 Å². The van der Waals surface area contributed by atoms with Gasteiger partial charge < -0.3 is 29.6 Å². The first-order valence-corrected chi connectivity index (χ1v) is 16.8. The molecule has 0 radical (unpaired) electrons. The topological polar surface area (TPSA) is 146 Å². The van der Waals surface area contributed by atoms with Crippen LogP contribution < -0.4 is 5.73 Å². The number of unbranched alkanes of at least 4 members (excludes halogenated alkanes) is 15. The molecule has 2 heterocycles. The van der Waals surface area contributed by atoms with Gasteiger partial charge >= 0.3 is 7.60 Å². The first-order valence-electron chi connectivity index (χ1n) is 15.0. The van der Waals surface area contributed by atoms with E-state index in [1.54, 1.807) is 10.9 Å². The number of anilines is 1. The Hall–Kier alpha value is -1.58. The maximum atomic E-state index is 10.9. The highest BCUT2D eigenvalue weighted by Crippen LogP contribution is 2.33. The Balaban J connectivity index is 1.54. The highest BCUT2D eigenvalue weighted by Gasteiger charge is 2.17. The summed E-state index contributed by atoms with van der Waals surface area (Å²) >= 11 is 0. The molecule has 0 fully saturated rings. The monoisotopic (exact) mass is 569 g/mol. The molecule has 1 atom stereocenters. The number of nitrogens with two attached hydrogens (primary N) is 1. The Morgan fingerprint density at radius 1 is 0.872 bits per heavy atom. The van der Waals surface area contributed by atoms with Crippen molar-refractivity contribution in [2.24, 2.45) is 0 Å². The molecule has 11 heteroatoms. The van der Waals surface area contributed by atoms with Gasteiger partial charge in [0, 0.05) is 13.2 Å². The molecule has 0 amide bonds. The van der Waals surface area contributed by atoms with Gasteiger partial charge in [0.15, 0.2) is 17.3 Å². The molecule has 224 valence electrons. The van der Waals surface area contributed by atoms with E-state index in [-0.39, 0.29) is 18.5 Å². The molecule has 0 saturated heterocycles. The van der Waals surface area contributed by atoms with E-state index in [2.05, 4.69) is 21.9 Å². The molecule has 4 N–H and O–H groups in total. The third kappa shape index (κ3) is 14.6. The van der Waals surface area contributed by atoms with Crippen LogP contribution in [0.15, 0.2) is 6.33 Å². The molecule has 39 heavy (non-hydrogen) atoms. The summed E-state index contributed by atoms with van der Waals surface area (Å²) in [6.45, 7) is 5.28. The molecular weight excluding hydrogens is 517 g/mol. The van der Waals surface area contributed by atoms with Crippen LogP contribution >= 0.6 is 7.60 Å². The number of nitrogen functional groups attached to an aromatic ring is 1. The number of hydrogen-bond donors (Lipinski definition) is 3. The minimum atomic E-state index is -4.19. The molecule has 10 nitrogen and oxygen atoms in total. The van der Waals surface area contributed by atoms with Crippen molar-refractivity contribution in [2.75, 3.05) is 25.3 Å². The summed E-state index contributed by atoms with van der Waals surface area (Å²) in [5, 5.41) is 0. The van der Waals surface area contributed by atoms with Crippen LogP contribution in [0.1, 0.15) is 129 Å². The number of aromatic nitrogens is 4. The predicted molar refractivity (Wildman–Crippen MR) is 157 cm³/mol. The van der Waals surface area contributed by atoms with Gasteiger partial charge in [0.1, 0.15) is 18.0 Å². The van der Waals surface area contributed by atoms with Crippen molar-refractivity contribution in [3.05, 3.63) is 12.2 Å². The van der Waals surface area contributed by atoms with Crippen LogP contribution in [-0.2, 0) is 20.6 Å². The van der Waals surface area contributed by atoms with Crippen molar-refractivity contribution < 1.29 is 23.8 Å². The largest absolute Gasteiger partial charge is 0.382 e. The summed E-state index contributed by atoms with van der Waals surface area (Å²) in [4.78, 5) is 31.0. The fraction of sp³-hybridized carbons (Fsp3) is 0.821. The van der Waals surface area contributed by atoms with Gasteiger partial charge in [-0.15, -0.1) is 0 Å². The van der Waals surface area contributed by atoms with E-state index in [4.69, 9.17) is 25.0 Å². The van der Waals surface area contributed by atoms with Crippen molar-refractivity contribution in [3.63, 3.8) is 0 Å². The van der Waals surface area contributed by atoms with Crippen molar-refractivity contribution in [2.45, 2.75) is 129 Å². The van der Waals surface area contributed by atoms with Crippen LogP contribution in [0.3, 0.4) is 0 Å². The van der Waals surface area contributed by atoms with Crippen LogP contribution in [0.25, 0.3) is 11.2 Å². The second kappa shape index (κ2) is 19.5.